The molecule has 0 saturated heterocycles. The maximum absolute atomic E-state index is 13.0. The number of amides is 1. The lowest BCUT2D eigenvalue weighted by atomic mass is 10.0. The van der Waals surface area contributed by atoms with Crippen LogP contribution in [0.2, 0.25) is 0 Å². The van der Waals surface area contributed by atoms with Crippen molar-refractivity contribution in [1.29, 1.82) is 0 Å². The fourth-order valence-corrected chi connectivity index (χ4v) is 9.12. The van der Waals surface area contributed by atoms with Crippen molar-refractivity contribution < 1.29 is 32.9 Å². The maximum Gasteiger partial charge on any atom is 0.472 e. The lowest BCUT2D eigenvalue weighted by Crippen LogP contribution is -2.45. The molecule has 0 aromatic heterocycles. The average molecular weight is 1120 g/mol. The molecular formula is C70H120N2O6P+. The highest BCUT2D eigenvalue weighted by Gasteiger charge is 2.27. The quantitative estimate of drug-likeness (QED) is 0.0243. The van der Waals surface area contributed by atoms with Crippen molar-refractivity contribution in [3.8, 4) is 0 Å². The molecule has 8 nitrogen and oxygen atoms in total. The van der Waals surface area contributed by atoms with E-state index in [4.69, 9.17) is 9.05 Å². The number of phosphoric ester groups is 1. The van der Waals surface area contributed by atoms with Gasteiger partial charge in [-0.2, -0.15) is 0 Å². The third-order valence-electron chi connectivity index (χ3n) is 13.3. The van der Waals surface area contributed by atoms with Crippen LogP contribution in [0.25, 0.3) is 0 Å². The maximum atomic E-state index is 13.0. The van der Waals surface area contributed by atoms with Crippen molar-refractivity contribution in [3.05, 3.63) is 146 Å². The van der Waals surface area contributed by atoms with E-state index >= 15 is 0 Å². The second-order valence-electron chi connectivity index (χ2n) is 22.0. The summed E-state index contributed by atoms with van der Waals surface area (Å²) in [6.45, 7) is 4.67. The van der Waals surface area contributed by atoms with E-state index in [0.29, 0.717) is 17.4 Å². The minimum absolute atomic E-state index is 0.0474. The van der Waals surface area contributed by atoms with E-state index in [0.717, 1.165) is 116 Å². The van der Waals surface area contributed by atoms with Gasteiger partial charge in [0.05, 0.1) is 39.9 Å². The molecule has 0 rings (SSSR count). The number of aliphatic hydroxyl groups is 1. The minimum atomic E-state index is -4.37. The largest absolute Gasteiger partial charge is 0.472 e. The number of rotatable bonds is 56. The number of unbranched alkanes of at least 4 members (excludes halogenated alkanes) is 21. The highest BCUT2D eigenvalue weighted by molar-refractivity contribution is 7.47. The molecule has 0 bridgehead atoms. The Morgan fingerprint density at radius 1 is 0.443 bits per heavy atom. The number of hydrogen-bond donors (Lipinski definition) is 3. The van der Waals surface area contributed by atoms with E-state index in [9.17, 15) is 19.4 Å². The Labute approximate surface area is 487 Å². The van der Waals surface area contributed by atoms with E-state index < -0.39 is 20.0 Å². The molecule has 1 amide bonds. The molecule has 0 radical (unpaired) electrons. The molecule has 0 aliphatic heterocycles. The Bertz CT molecular complexity index is 1790. The number of hydrogen-bond acceptors (Lipinski definition) is 5. The first-order chi connectivity index (χ1) is 38.5. The highest BCUT2D eigenvalue weighted by atomic mass is 31.2. The average Bonchev–Trinajstić information content (AvgIpc) is 3.42. The van der Waals surface area contributed by atoms with Gasteiger partial charge in [-0.05, 0) is 109 Å². The fraction of sp³-hybridized carbons (Fsp3) is 0.643. The summed E-state index contributed by atoms with van der Waals surface area (Å²) in [5, 5.41) is 13.9. The standard InChI is InChI=1S/C70H119N2O6P/c1-6-8-10-12-14-16-18-20-22-24-26-27-28-29-30-31-32-33-34-35-36-37-38-39-40-41-42-43-44-45-46-48-50-52-54-56-58-60-62-64-70(74)71-68(67-78-79(75,76)77-66-65-72(3,4)5)69(73)63-61-59-57-55-53-51-49-47-25-23-21-19-17-15-13-11-9-7-2/h8,10,14,16,20,22,26-27,29-30,32-33,35-36,38-39,41-42,44-45,53,55,61,63,68-69,73H,6-7,9,11-13,15,17-19,21,23-25,28,31,34,37,40,43,46-52,54,56-60,62,64-67H2,1-5H3,(H-,71,74,75,76)/p+1/b10-8-,16-14-,22-20-,27-26-,30-29-,33-32-,36-35-,39-38-,42-41-,45-44-,55-53+,63-61+. The molecule has 0 fully saturated rings. The van der Waals surface area contributed by atoms with Gasteiger partial charge in [-0.25, -0.2) is 4.57 Å². The van der Waals surface area contributed by atoms with Crippen LogP contribution in [0.4, 0.5) is 0 Å². The number of likely N-dealkylation sites (N-methyl/N-ethyl adjacent to an activating group) is 1. The third kappa shape index (κ3) is 61.8. The van der Waals surface area contributed by atoms with Crippen molar-refractivity contribution in [2.45, 2.75) is 251 Å². The van der Waals surface area contributed by atoms with E-state index in [-0.39, 0.29) is 19.1 Å². The zero-order valence-corrected chi connectivity index (χ0v) is 52.2. The lowest BCUT2D eigenvalue weighted by molar-refractivity contribution is -0.870. The number of carbonyl (C=O) groups is 1. The monoisotopic (exact) mass is 1120 g/mol. The van der Waals surface area contributed by atoms with Gasteiger partial charge in [0.25, 0.3) is 0 Å². The number of allylic oxidation sites excluding steroid dienone is 23. The van der Waals surface area contributed by atoms with Crippen LogP contribution in [-0.2, 0) is 18.4 Å². The molecule has 79 heavy (non-hydrogen) atoms. The van der Waals surface area contributed by atoms with Crippen LogP contribution in [0.5, 0.6) is 0 Å². The molecule has 3 N–H and O–H groups in total. The number of phosphoric acid groups is 1. The smallest absolute Gasteiger partial charge is 0.387 e. The van der Waals surface area contributed by atoms with Gasteiger partial charge in [-0.1, -0.05) is 269 Å². The Morgan fingerprint density at radius 3 is 1.16 bits per heavy atom. The molecule has 3 atom stereocenters. The van der Waals surface area contributed by atoms with Crippen LogP contribution in [0.15, 0.2) is 146 Å². The Balaban J connectivity index is 4.19. The summed E-state index contributed by atoms with van der Waals surface area (Å²) in [6, 6.07) is -0.879. The lowest BCUT2D eigenvalue weighted by Gasteiger charge is -2.25. The van der Waals surface area contributed by atoms with Gasteiger partial charge in [-0.3, -0.25) is 13.8 Å². The second kappa shape index (κ2) is 59.0. The molecule has 0 aliphatic carbocycles. The SMILES string of the molecule is CC/C=C\C/C=C\C/C=C\C/C=C\C/C=C\C/C=C\C/C=C\C/C=C\C/C=C\C/C=C\CCCCCCCCCCC(=O)NC(COP(=O)(O)OCC[N+](C)(C)C)C(O)/C=C/CC/C=C/CCCCCCCCCCCCCC. The fourth-order valence-electron chi connectivity index (χ4n) is 8.38. The molecule has 450 valence electrons. The topological polar surface area (TPSA) is 105 Å². The molecule has 0 saturated carbocycles. The van der Waals surface area contributed by atoms with Gasteiger partial charge in [0, 0.05) is 6.42 Å². The summed E-state index contributed by atoms with van der Waals surface area (Å²) in [5.74, 6) is -0.201. The normalized spacial score (nSPS) is 14.8. The van der Waals surface area contributed by atoms with Gasteiger partial charge >= 0.3 is 7.82 Å². The second-order valence-corrected chi connectivity index (χ2v) is 23.5. The zero-order chi connectivity index (χ0) is 57.7. The first kappa shape index (κ1) is 75.4. The molecule has 0 heterocycles. The van der Waals surface area contributed by atoms with Crippen LogP contribution in [-0.4, -0.2) is 73.4 Å². The molecular weight excluding hydrogens is 996 g/mol. The molecule has 0 aromatic carbocycles. The number of nitrogens with one attached hydrogen (secondary N) is 1. The van der Waals surface area contributed by atoms with Gasteiger partial charge in [0.15, 0.2) is 0 Å². The van der Waals surface area contributed by atoms with E-state index in [1.807, 2.05) is 27.2 Å². The van der Waals surface area contributed by atoms with Crippen LogP contribution < -0.4 is 5.32 Å². The first-order valence-corrected chi connectivity index (χ1v) is 33.2. The van der Waals surface area contributed by atoms with E-state index in [2.05, 4.69) is 153 Å². The first-order valence-electron chi connectivity index (χ1n) is 31.7. The van der Waals surface area contributed by atoms with Crippen LogP contribution in [0, 0.1) is 0 Å². The molecule has 9 heteroatoms. The van der Waals surface area contributed by atoms with Crippen LogP contribution in [0.1, 0.15) is 239 Å². The molecule has 0 spiro atoms. The van der Waals surface area contributed by atoms with Crippen molar-refractivity contribution in [1.82, 2.24) is 5.32 Å². The Hall–Kier alpha value is -3.62. The summed E-state index contributed by atoms with van der Waals surface area (Å²) in [4.78, 5) is 23.3. The highest BCUT2D eigenvalue weighted by Crippen LogP contribution is 2.43. The molecule has 0 aliphatic rings. The summed E-state index contributed by atoms with van der Waals surface area (Å²) >= 11 is 0. The molecule has 3 unspecified atom stereocenters. The van der Waals surface area contributed by atoms with Gasteiger partial charge in [-0.15, -0.1) is 0 Å². The summed E-state index contributed by atoms with van der Waals surface area (Å²) in [5.41, 5.74) is 0. The molecule has 0 aromatic rings. The van der Waals surface area contributed by atoms with E-state index in [1.165, 1.54) is 103 Å². The third-order valence-corrected chi connectivity index (χ3v) is 14.3. The summed E-state index contributed by atoms with van der Waals surface area (Å²) < 4.78 is 23.7. The number of nitrogens with zero attached hydrogens (tertiary/aromatic N) is 1. The predicted octanol–water partition coefficient (Wildman–Crippen LogP) is 20.0. The Kier molecular flexibility index (Phi) is 56.3. The van der Waals surface area contributed by atoms with E-state index in [1.54, 1.807) is 6.08 Å². The minimum Gasteiger partial charge on any atom is -0.387 e. The summed E-state index contributed by atoms with van der Waals surface area (Å²) in [6.07, 6.45) is 91.1. The summed E-state index contributed by atoms with van der Waals surface area (Å²) in [7, 11) is 1.53. The van der Waals surface area contributed by atoms with Crippen molar-refractivity contribution >= 4 is 13.7 Å². The predicted molar refractivity (Wildman–Crippen MR) is 345 cm³/mol. The number of carbonyl (C=O) groups excluding carboxylic acids is 1. The van der Waals surface area contributed by atoms with Gasteiger partial charge in [0.2, 0.25) is 5.91 Å². The van der Waals surface area contributed by atoms with Crippen molar-refractivity contribution in [2.75, 3.05) is 40.9 Å². The number of quaternary nitrogens is 1. The van der Waals surface area contributed by atoms with Crippen LogP contribution >= 0.6 is 7.82 Å². The zero-order valence-electron chi connectivity index (χ0n) is 51.3. The van der Waals surface area contributed by atoms with Crippen molar-refractivity contribution in [2.24, 2.45) is 0 Å². The van der Waals surface area contributed by atoms with Crippen LogP contribution in [0.3, 0.4) is 0 Å². The van der Waals surface area contributed by atoms with Gasteiger partial charge < -0.3 is 19.8 Å². The van der Waals surface area contributed by atoms with Crippen molar-refractivity contribution in [3.63, 3.8) is 0 Å². The Morgan fingerprint density at radius 2 is 0.772 bits per heavy atom. The number of aliphatic hydroxyl groups excluding tert-OH is 1. The van der Waals surface area contributed by atoms with Gasteiger partial charge in [0.1, 0.15) is 13.2 Å².